The molecule has 1 aromatic rings. The van der Waals surface area contributed by atoms with Crippen molar-refractivity contribution in [3.63, 3.8) is 0 Å². The summed E-state index contributed by atoms with van der Waals surface area (Å²) in [5.74, 6) is 0.0294. The quantitative estimate of drug-likeness (QED) is 0.834. The fourth-order valence-electron chi connectivity index (χ4n) is 2.28. The highest BCUT2D eigenvalue weighted by molar-refractivity contribution is 7.91. The second-order valence-corrected chi connectivity index (χ2v) is 7.43. The fraction of sp³-hybridized carbons (Fsp3) is 0.500. The van der Waals surface area contributed by atoms with Crippen molar-refractivity contribution >= 4 is 15.6 Å². The van der Waals surface area contributed by atoms with Gasteiger partial charge in [-0.05, 0) is 30.7 Å². The highest BCUT2D eigenvalue weighted by Gasteiger charge is 2.20. The van der Waals surface area contributed by atoms with E-state index in [1.54, 1.807) is 12.1 Å². The number of ketones is 1. The van der Waals surface area contributed by atoms with Crippen molar-refractivity contribution in [1.29, 1.82) is 0 Å². The number of carbonyl (C=O) groups is 1. The lowest BCUT2D eigenvalue weighted by Crippen LogP contribution is -2.33. The maximum absolute atomic E-state index is 12.8. The van der Waals surface area contributed by atoms with Gasteiger partial charge in [0.2, 0.25) is 0 Å². The van der Waals surface area contributed by atoms with E-state index >= 15 is 0 Å². The number of halogens is 1. The fourth-order valence-corrected chi connectivity index (χ4v) is 3.59. The number of hydrogen-bond donors (Lipinski definition) is 0. The van der Waals surface area contributed by atoms with Crippen LogP contribution in [0.2, 0.25) is 0 Å². The third-order valence-corrected chi connectivity index (χ3v) is 5.08. The van der Waals surface area contributed by atoms with Crippen LogP contribution in [0, 0.1) is 5.82 Å². The molecule has 6 heteroatoms. The minimum Gasteiger partial charge on any atom is -0.298 e. The number of benzene rings is 1. The molecule has 0 amide bonds. The van der Waals surface area contributed by atoms with Gasteiger partial charge in [-0.25, -0.2) is 12.8 Å². The van der Waals surface area contributed by atoms with Crippen LogP contribution in [0.5, 0.6) is 0 Å². The molecular weight excluding hydrogens is 281 g/mol. The topological polar surface area (TPSA) is 54.5 Å². The van der Waals surface area contributed by atoms with Crippen molar-refractivity contribution in [2.75, 3.05) is 31.1 Å². The Hall–Kier alpha value is -1.27. The predicted octanol–water partition coefficient (Wildman–Crippen LogP) is 1.06. The number of rotatable bonds is 4. The monoisotopic (exact) mass is 299 g/mol. The zero-order chi connectivity index (χ0) is 14.6. The summed E-state index contributed by atoms with van der Waals surface area (Å²) in [7, 11) is -2.95. The first kappa shape index (κ1) is 15.1. The highest BCUT2D eigenvalue weighted by atomic mass is 32.2. The van der Waals surface area contributed by atoms with Crippen LogP contribution in [0.1, 0.15) is 12.0 Å². The maximum Gasteiger partial charge on any atom is 0.151 e. The summed E-state index contributed by atoms with van der Waals surface area (Å²) in [5, 5.41) is 0. The molecule has 1 fully saturated rings. The Balaban J connectivity index is 1.86. The summed E-state index contributed by atoms with van der Waals surface area (Å²) < 4.78 is 35.7. The lowest BCUT2D eigenvalue weighted by atomic mass is 10.1. The summed E-state index contributed by atoms with van der Waals surface area (Å²) in [6.07, 6.45) is 0.829. The lowest BCUT2D eigenvalue weighted by molar-refractivity contribution is -0.119. The van der Waals surface area contributed by atoms with Crippen LogP contribution in [0.4, 0.5) is 4.39 Å². The SMILES string of the molecule is O=C(Cc1ccc(F)cc1)CN1CCCS(=O)(=O)CC1. The van der Waals surface area contributed by atoms with Gasteiger partial charge in [-0.3, -0.25) is 9.69 Å². The first-order valence-electron chi connectivity index (χ1n) is 6.63. The van der Waals surface area contributed by atoms with Crippen LogP contribution in [0.15, 0.2) is 24.3 Å². The minimum atomic E-state index is -2.95. The Bertz CT molecular complexity index is 569. The van der Waals surface area contributed by atoms with Crippen molar-refractivity contribution < 1.29 is 17.6 Å². The van der Waals surface area contributed by atoms with Gasteiger partial charge in [0.1, 0.15) is 5.82 Å². The van der Waals surface area contributed by atoms with Gasteiger partial charge in [0.15, 0.2) is 15.6 Å². The summed E-state index contributed by atoms with van der Waals surface area (Å²) in [5.41, 5.74) is 0.777. The molecule has 1 saturated heterocycles. The molecule has 0 aromatic heterocycles. The number of nitrogens with zero attached hydrogens (tertiary/aromatic N) is 1. The molecule has 0 saturated carbocycles. The summed E-state index contributed by atoms with van der Waals surface area (Å²) >= 11 is 0. The largest absolute Gasteiger partial charge is 0.298 e. The number of sulfone groups is 1. The van der Waals surface area contributed by atoms with Gasteiger partial charge < -0.3 is 0 Å². The van der Waals surface area contributed by atoms with E-state index in [0.29, 0.717) is 19.5 Å². The van der Waals surface area contributed by atoms with E-state index < -0.39 is 9.84 Å². The Morgan fingerprint density at radius 2 is 1.85 bits per heavy atom. The zero-order valence-electron chi connectivity index (χ0n) is 11.2. The Kier molecular flexibility index (Phi) is 4.88. The molecular formula is C14H18FNO3S. The molecule has 1 aromatic carbocycles. The van der Waals surface area contributed by atoms with Crippen molar-refractivity contribution in [3.05, 3.63) is 35.6 Å². The van der Waals surface area contributed by atoms with Crippen LogP contribution in [0.3, 0.4) is 0 Å². The van der Waals surface area contributed by atoms with Gasteiger partial charge in [0.25, 0.3) is 0 Å². The van der Waals surface area contributed by atoms with Gasteiger partial charge in [-0.2, -0.15) is 0 Å². The highest BCUT2D eigenvalue weighted by Crippen LogP contribution is 2.07. The van der Waals surface area contributed by atoms with E-state index in [1.165, 1.54) is 12.1 Å². The molecule has 1 aliphatic rings. The normalized spacial score (nSPS) is 19.4. The zero-order valence-corrected chi connectivity index (χ0v) is 12.0. The average molecular weight is 299 g/mol. The van der Waals surface area contributed by atoms with Gasteiger partial charge in [0, 0.05) is 13.0 Å². The molecule has 4 nitrogen and oxygen atoms in total. The number of carbonyl (C=O) groups excluding carboxylic acids is 1. The molecule has 1 heterocycles. The maximum atomic E-state index is 12.8. The molecule has 20 heavy (non-hydrogen) atoms. The molecule has 2 rings (SSSR count). The van der Waals surface area contributed by atoms with Crippen molar-refractivity contribution in [2.24, 2.45) is 0 Å². The molecule has 0 bridgehead atoms. The smallest absolute Gasteiger partial charge is 0.151 e. The van der Waals surface area contributed by atoms with Crippen LogP contribution in [0.25, 0.3) is 0 Å². The van der Waals surface area contributed by atoms with Gasteiger partial charge in [-0.1, -0.05) is 12.1 Å². The summed E-state index contributed by atoms with van der Waals surface area (Å²) in [4.78, 5) is 13.8. The van der Waals surface area contributed by atoms with E-state index in [9.17, 15) is 17.6 Å². The van der Waals surface area contributed by atoms with Crippen molar-refractivity contribution in [3.8, 4) is 0 Å². The third-order valence-electron chi connectivity index (χ3n) is 3.36. The first-order chi connectivity index (χ1) is 9.44. The summed E-state index contributed by atoms with van der Waals surface area (Å²) in [6, 6.07) is 5.86. The van der Waals surface area contributed by atoms with Crippen LogP contribution in [-0.2, 0) is 21.1 Å². The molecule has 1 aliphatic heterocycles. The molecule has 0 atom stereocenters. The van der Waals surface area contributed by atoms with Crippen LogP contribution in [-0.4, -0.2) is 50.2 Å². The second-order valence-electron chi connectivity index (χ2n) is 5.12. The average Bonchev–Trinajstić information content (AvgIpc) is 2.54. The molecule has 0 N–H and O–H groups in total. The summed E-state index contributed by atoms with van der Waals surface area (Å²) in [6.45, 7) is 1.30. The van der Waals surface area contributed by atoms with E-state index in [1.807, 2.05) is 4.90 Å². The van der Waals surface area contributed by atoms with Crippen LogP contribution >= 0.6 is 0 Å². The van der Waals surface area contributed by atoms with E-state index in [2.05, 4.69) is 0 Å². The third kappa shape index (κ3) is 4.68. The first-order valence-corrected chi connectivity index (χ1v) is 8.46. The van der Waals surface area contributed by atoms with Gasteiger partial charge >= 0.3 is 0 Å². The molecule has 0 spiro atoms. The molecule has 0 aliphatic carbocycles. The second kappa shape index (κ2) is 6.45. The van der Waals surface area contributed by atoms with Crippen molar-refractivity contribution in [1.82, 2.24) is 4.90 Å². The Labute approximate surface area is 118 Å². The van der Waals surface area contributed by atoms with Crippen LogP contribution < -0.4 is 0 Å². The Morgan fingerprint density at radius 3 is 2.55 bits per heavy atom. The van der Waals surface area contributed by atoms with E-state index in [-0.39, 0.29) is 36.1 Å². The lowest BCUT2D eigenvalue weighted by Gasteiger charge is -2.17. The van der Waals surface area contributed by atoms with Gasteiger partial charge in [-0.15, -0.1) is 0 Å². The van der Waals surface area contributed by atoms with Gasteiger partial charge in [0.05, 0.1) is 18.1 Å². The number of Topliss-reactive ketones (excluding diaryl/α,β-unsaturated/α-hetero) is 1. The van der Waals surface area contributed by atoms with E-state index in [0.717, 1.165) is 5.56 Å². The molecule has 0 radical (unpaired) electrons. The number of hydrogen-bond acceptors (Lipinski definition) is 4. The molecule has 0 unspecified atom stereocenters. The Morgan fingerprint density at radius 1 is 1.15 bits per heavy atom. The van der Waals surface area contributed by atoms with Crippen molar-refractivity contribution in [2.45, 2.75) is 12.8 Å². The minimum absolute atomic E-state index is 0.0240. The predicted molar refractivity (Wildman–Crippen MR) is 74.8 cm³/mol. The molecule has 110 valence electrons. The standard InChI is InChI=1S/C14H18FNO3S/c15-13-4-2-12(3-5-13)10-14(17)11-16-6-1-8-20(18,19)9-7-16/h2-5H,1,6-11H2. The van der Waals surface area contributed by atoms with E-state index in [4.69, 9.17) is 0 Å².